The quantitative estimate of drug-likeness (QED) is 0.605. The van der Waals surface area contributed by atoms with E-state index in [-0.39, 0.29) is 0 Å². The van der Waals surface area contributed by atoms with Gasteiger partial charge in [-0.25, -0.2) is 15.2 Å². The van der Waals surface area contributed by atoms with Gasteiger partial charge in [-0.05, 0) is 26.0 Å². The first-order valence-corrected chi connectivity index (χ1v) is 8.10. The topological polar surface area (TPSA) is 108 Å². The van der Waals surface area contributed by atoms with Gasteiger partial charge < -0.3 is 19.9 Å². The summed E-state index contributed by atoms with van der Waals surface area (Å²) in [5.74, 6) is 1.62. The number of nitrogens with one attached hydrogen (secondary N) is 1. The molecule has 2 aromatic rings. The van der Waals surface area contributed by atoms with Crippen LogP contribution in [0.15, 0.2) is 17.2 Å². The van der Waals surface area contributed by atoms with Gasteiger partial charge in [-0.1, -0.05) is 0 Å². The number of aryl methyl sites for hydroxylation is 1. The Balaban J connectivity index is 2.48. The monoisotopic (exact) mass is 364 g/mol. The van der Waals surface area contributed by atoms with Crippen LogP contribution in [0.25, 0.3) is 10.6 Å². The third kappa shape index (κ3) is 4.00. The number of hydrazone groups is 1. The van der Waals surface area contributed by atoms with E-state index in [1.54, 1.807) is 28.3 Å². The van der Waals surface area contributed by atoms with Crippen LogP contribution >= 0.6 is 11.3 Å². The van der Waals surface area contributed by atoms with Crippen molar-refractivity contribution in [2.45, 2.75) is 13.8 Å². The van der Waals surface area contributed by atoms with Crippen molar-refractivity contribution in [2.24, 2.45) is 10.8 Å². The van der Waals surface area contributed by atoms with Gasteiger partial charge in [-0.3, -0.25) is 0 Å². The zero-order chi connectivity index (χ0) is 18.6. The average Bonchev–Trinajstić information content (AvgIpc) is 3.00. The lowest BCUT2D eigenvalue weighted by atomic mass is 10.2. The van der Waals surface area contributed by atoms with Crippen molar-refractivity contribution in [1.82, 2.24) is 10.4 Å². The van der Waals surface area contributed by atoms with Crippen LogP contribution in [0, 0.1) is 6.92 Å². The molecule has 1 aromatic heterocycles. The number of amides is 2. The molecule has 1 heterocycles. The minimum absolute atomic E-state index is 0.519. The van der Waals surface area contributed by atoms with Crippen LogP contribution in [0.2, 0.25) is 0 Å². The number of carbonyl (C=O) groups is 1. The van der Waals surface area contributed by atoms with E-state index in [0.717, 1.165) is 21.1 Å². The molecule has 0 bridgehead atoms. The number of methoxy groups -OCH3 is 3. The number of aromatic nitrogens is 1. The van der Waals surface area contributed by atoms with Gasteiger partial charge in [0.2, 0.25) is 5.75 Å². The van der Waals surface area contributed by atoms with E-state index >= 15 is 0 Å². The Morgan fingerprint density at radius 3 is 2.28 bits per heavy atom. The fourth-order valence-corrected chi connectivity index (χ4v) is 3.25. The number of urea groups is 1. The van der Waals surface area contributed by atoms with E-state index in [0.29, 0.717) is 23.0 Å². The van der Waals surface area contributed by atoms with Gasteiger partial charge in [-0.2, -0.15) is 5.10 Å². The van der Waals surface area contributed by atoms with E-state index < -0.39 is 6.03 Å². The summed E-state index contributed by atoms with van der Waals surface area (Å²) in [6, 6.07) is 2.95. The Kier molecular flexibility index (Phi) is 5.81. The van der Waals surface area contributed by atoms with Crippen LogP contribution < -0.4 is 25.4 Å². The number of rotatable bonds is 6. The van der Waals surface area contributed by atoms with Crippen molar-refractivity contribution in [3.8, 4) is 27.8 Å². The van der Waals surface area contributed by atoms with Gasteiger partial charge in [0, 0.05) is 5.56 Å². The van der Waals surface area contributed by atoms with Gasteiger partial charge in [0.05, 0.1) is 37.6 Å². The maximum absolute atomic E-state index is 10.8. The molecule has 0 radical (unpaired) electrons. The number of hydrogen-bond donors (Lipinski definition) is 2. The molecule has 0 saturated heterocycles. The molecule has 0 aliphatic heterocycles. The maximum Gasteiger partial charge on any atom is 0.332 e. The molecule has 9 heteroatoms. The van der Waals surface area contributed by atoms with E-state index in [1.165, 1.54) is 11.3 Å². The number of carbonyl (C=O) groups excluding carboxylic acids is 1. The van der Waals surface area contributed by atoms with Crippen molar-refractivity contribution in [3.05, 3.63) is 22.7 Å². The third-order valence-corrected chi connectivity index (χ3v) is 4.69. The van der Waals surface area contributed by atoms with Gasteiger partial charge in [0.1, 0.15) is 5.01 Å². The second-order valence-electron chi connectivity index (χ2n) is 5.02. The lowest BCUT2D eigenvalue weighted by Crippen LogP contribution is -2.25. The average molecular weight is 364 g/mol. The van der Waals surface area contributed by atoms with Gasteiger partial charge in [0.25, 0.3) is 0 Å². The highest BCUT2D eigenvalue weighted by molar-refractivity contribution is 7.17. The predicted molar refractivity (Wildman–Crippen MR) is 96.9 cm³/mol. The molecule has 2 amide bonds. The summed E-state index contributed by atoms with van der Waals surface area (Å²) in [6.45, 7) is 3.64. The largest absolute Gasteiger partial charge is 0.493 e. The Bertz CT molecular complexity index is 791. The lowest BCUT2D eigenvalue weighted by molar-refractivity contribution is 0.249. The highest BCUT2D eigenvalue weighted by Gasteiger charge is 2.18. The molecular weight excluding hydrogens is 344 g/mol. The number of primary amides is 1. The van der Waals surface area contributed by atoms with Crippen LogP contribution in [0.5, 0.6) is 17.2 Å². The van der Waals surface area contributed by atoms with Crippen LogP contribution in [0.1, 0.15) is 17.5 Å². The molecule has 134 valence electrons. The molecule has 3 N–H and O–H groups in total. The summed E-state index contributed by atoms with van der Waals surface area (Å²) in [6.07, 6.45) is 0. The van der Waals surface area contributed by atoms with Crippen molar-refractivity contribution in [2.75, 3.05) is 21.3 Å². The Hall–Kier alpha value is -2.81. The molecule has 25 heavy (non-hydrogen) atoms. The highest BCUT2D eigenvalue weighted by Crippen LogP contribution is 2.42. The van der Waals surface area contributed by atoms with Crippen LogP contribution in [0.4, 0.5) is 4.79 Å². The number of nitrogens with two attached hydrogens (primary N) is 1. The molecule has 0 atom stereocenters. The second-order valence-corrected chi connectivity index (χ2v) is 6.02. The fraction of sp³-hybridized carbons (Fsp3) is 0.312. The first-order chi connectivity index (χ1) is 11.9. The third-order valence-electron chi connectivity index (χ3n) is 3.37. The molecule has 0 spiro atoms. The van der Waals surface area contributed by atoms with Crippen molar-refractivity contribution >= 4 is 23.1 Å². The first-order valence-electron chi connectivity index (χ1n) is 7.29. The smallest absolute Gasteiger partial charge is 0.332 e. The summed E-state index contributed by atoms with van der Waals surface area (Å²) in [7, 11) is 4.68. The lowest BCUT2D eigenvalue weighted by Gasteiger charge is -2.13. The van der Waals surface area contributed by atoms with Gasteiger partial charge in [-0.15, -0.1) is 11.3 Å². The molecule has 8 nitrogen and oxygen atoms in total. The number of nitrogens with zero attached hydrogens (tertiary/aromatic N) is 2. The van der Waals surface area contributed by atoms with E-state index in [4.69, 9.17) is 19.9 Å². The number of ether oxygens (including phenoxy) is 3. The first kappa shape index (κ1) is 18.5. The predicted octanol–water partition coefficient (Wildman–Crippen LogP) is 2.54. The van der Waals surface area contributed by atoms with Gasteiger partial charge >= 0.3 is 6.03 Å². The van der Waals surface area contributed by atoms with Gasteiger partial charge in [0.15, 0.2) is 11.5 Å². The molecule has 0 aliphatic carbocycles. The zero-order valence-electron chi connectivity index (χ0n) is 14.7. The SMILES string of the molecule is COc1cc(-c2nc(C)c(C(C)=NNC(N)=O)s2)cc(OC)c1OC. The van der Waals surface area contributed by atoms with Crippen molar-refractivity contribution < 1.29 is 19.0 Å². The fourth-order valence-electron chi connectivity index (χ4n) is 2.25. The van der Waals surface area contributed by atoms with E-state index in [9.17, 15) is 4.79 Å². The molecule has 0 unspecified atom stereocenters. The summed E-state index contributed by atoms with van der Waals surface area (Å²) in [5, 5.41) is 4.71. The van der Waals surface area contributed by atoms with Crippen LogP contribution in [0.3, 0.4) is 0 Å². The van der Waals surface area contributed by atoms with E-state index in [1.807, 2.05) is 19.1 Å². The Morgan fingerprint density at radius 1 is 1.20 bits per heavy atom. The van der Waals surface area contributed by atoms with Crippen LogP contribution in [-0.2, 0) is 0 Å². The molecule has 1 aromatic carbocycles. The number of benzene rings is 1. The van der Waals surface area contributed by atoms with E-state index in [2.05, 4.69) is 15.5 Å². The number of hydrogen-bond acceptors (Lipinski definition) is 7. The van der Waals surface area contributed by atoms with Crippen molar-refractivity contribution in [3.63, 3.8) is 0 Å². The summed E-state index contributed by atoms with van der Waals surface area (Å²) < 4.78 is 16.1. The Labute approximate surface area is 149 Å². The standard InChI is InChI=1S/C16H20N4O4S/c1-8-14(9(2)19-20-16(17)21)25-15(18-8)10-6-11(22-3)13(24-5)12(7-10)23-4/h6-7H,1-5H3,(H3,17,20,21). The summed E-state index contributed by atoms with van der Waals surface area (Å²) in [4.78, 5) is 16.2. The molecule has 0 saturated carbocycles. The molecule has 0 aliphatic rings. The number of thiazole rings is 1. The normalized spacial score (nSPS) is 11.2. The molecule has 2 rings (SSSR count). The summed E-state index contributed by atoms with van der Waals surface area (Å²) in [5.41, 5.74) is 9.49. The van der Waals surface area contributed by atoms with Crippen molar-refractivity contribution in [1.29, 1.82) is 0 Å². The maximum atomic E-state index is 10.8. The highest BCUT2D eigenvalue weighted by atomic mass is 32.1. The summed E-state index contributed by atoms with van der Waals surface area (Å²) >= 11 is 1.44. The Morgan fingerprint density at radius 2 is 1.80 bits per heavy atom. The molecule has 0 fully saturated rings. The minimum Gasteiger partial charge on any atom is -0.493 e. The second kappa shape index (κ2) is 7.84. The molecular formula is C16H20N4O4S. The minimum atomic E-state index is -0.716. The van der Waals surface area contributed by atoms with Crippen LogP contribution in [-0.4, -0.2) is 38.1 Å². The zero-order valence-corrected chi connectivity index (χ0v) is 15.5.